The predicted octanol–water partition coefficient (Wildman–Crippen LogP) is 3.69. The van der Waals surface area contributed by atoms with Crippen LogP contribution in [0.4, 0.5) is 0 Å². The van der Waals surface area contributed by atoms with Gasteiger partial charge >= 0.3 is 0 Å². The van der Waals surface area contributed by atoms with Gasteiger partial charge in [0.25, 0.3) is 0 Å². The Kier molecular flexibility index (Phi) is 7.67. The Labute approximate surface area is 144 Å². The Morgan fingerprint density at radius 3 is 2.32 bits per heavy atom. The molecule has 0 atom stereocenters. The van der Waals surface area contributed by atoms with Crippen molar-refractivity contribution in [2.75, 3.05) is 20.6 Å². The van der Waals surface area contributed by atoms with Crippen molar-refractivity contribution in [3.8, 4) is 0 Å². The van der Waals surface area contributed by atoms with E-state index in [-0.39, 0.29) is 23.9 Å². The van der Waals surface area contributed by atoms with Crippen molar-refractivity contribution in [3.05, 3.63) is 34.9 Å². The van der Waals surface area contributed by atoms with Crippen LogP contribution in [0.2, 0.25) is 5.02 Å². The summed E-state index contributed by atoms with van der Waals surface area (Å²) in [5.74, 6) is 0.0871. The minimum atomic E-state index is 0. The number of rotatable bonds is 5. The van der Waals surface area contributed by atoms with Gasteiger partial charge in [-0.3, -0.25) is 4.79 Å². The Morgan fingerprint density at radius 1 is 1.18 bits per heavy atom. The van der Waals surface area contributed by atoms with Crippen LogP contribution in [0.25, 0.3) is 0 Å². The summed E-state index contributed by atoms with van der Waals surface area (Å²) in [5.41, 5.74) is 1.13. The van der Waals surface area contributed by atoms with E-state index in [2.05, 4.69) is 24.3 Å². The Balaban J connectivity index is 0.00000242. The largest absolute Gasteiger partial charge is 0.354 e. The van der Waals surface area contributed by atoms with Crippen LogP contribution in [-0.4, -0.2) is 37.0 Å². The maximum atomic E-state index is 12.1. The molecule has 0 radical (unpaired) electrons. The molecule has 0 bridgehead atoms. The molecule has 0 spiro atoms. The van der Waals surface area contributed by atoms with E-state index in [1.54, 1.807) is 0 Å². The van der Waals surface area contributed by atoms with Gasteiger partial charge in [-0.1, -0.05) is 43.0 Å². The number of amides is 1. The molecule has 0 heterocycles. The van der Waals surface area contributed by atoms with E-state index in [9.17, 15) is 4.79 Å². The highest BCUT2D eigenvalue weighted by Gasteiger charge is 2.34. The molecular formula is C17H26Cl2N2O. The highest BCUT2D eigenvalue weighted by Crippen LogP contribution is 2.31. The first kappa shape index (κ1) is 19.3. The number of benzene rings is 1. The fraction of sp³-hybridized carbons (Fsp3) is 0.588. The molecule has 1 aromatic carbocycles. The molecule has 5 heteroatoms. The van der Waals surface area contributed by atoms with E-state index in [0.29, 0.717) is 11.4 Å². The maximum Gasteiger partial charge on any atom is 0.224 e. The summed E-state index contributed by atoms with van der Waals surface area (Å²) < 4.78 is 0. The van der Waals surface area contributed by atoms with Gasteiger partial charge in [0.15, 0.2) is 0 Å². The fourth-order valence-corrected chi connectivity index (χ4v) is 3.23. The van der Waals surface area contributed by atoms with Gasteiger partial charge < -0.3 is 10.2 Å². The molecule has 1 fully saturated rings. The first-order valence-corrected chi connectivity index (χ1v) is 8.08. The van der Waals surface area contributed by atoms with E-state index in [1.807, 2.05) is 24.3 Å². The summed E-state index contributed by atoms with van der Waals surface area (Å²) in [4.78, 5) is 14.4. The first-order valence-electron chi connectivity index (χ1n) is 7.70. The lowest BCUT2D eigenvalue weighted by atomic mass is 9.80. The van der Waals surface area contributed by atoms with Gasteiger partial charge in [0, 0.05) is 17.1 Å². The number of likely N-dealkylation sites (N-methyl/N-ethyl adjacent to an activating group) is 1. The molecule has 1 aromatic rings. The van der Waals surface area contributed by atoms with E-state index in [0.717, 1.165) is 12.1 Å². The number of halogens is 2. The summed E-state index contributed by atoms with van der Waals surface area (Å²) in [5, 5.41) is 3.83. The zero-order chi connectivity index (χ0) is 15.3. The van der Waals surface area contributed by atoms with Gasteiger partial charge in [0.2, 0.25) is 5.91 Å². The second-order valence-corrected chi connectivity index (χ2v) is 6.70. The van der Waals surface area contributed by atoms with E-state index >= 15 is 0 Å². The fourth-order valence-electron chi connectivity index (χ4n) is 3.11. The van der Waals surface area contributed by atoms with E-state index in [4.69, 9.17) is 11.6 Å². The third-order valence-electron chi connectivity index (χ3n) is 4.63. The molecule has 1 aliphatic rings. The molecule has 124 valence electrons. The molecule has 22 heavy (non-hydrogen) atoms. The van der Waals surface area contributed by atoms with Crippen LogP contribution < -0.4 is 5.32 Å². The highest BCUT2D eigenvalue weighted by molar-refractivity contribution is 6.30. The maximum absolute atomic E-state index is 12.1. The molecule has 1 N–H and O–H groups in total. The van der Waals surface area contributed by atoms with Crippen LogP contribution in [0.15, 0.2) is 24.3 Å². The third-order valence-corrected chi connectivity index (χ3v) is 4.88. The molecule has 0 aliphatic heterocycles. The summed E-state index contributed by atoms with van der Waals surface area (Å²) in [6, 6.07) is 7.47. The van der Waals surface area contributed by atoms with Gasteiger partial charge in [-0.2, -0.15) is 0 Å². The van der Waals surface area contributed by atoms with Crippen molar-refractivity contribution < 1.29 is 4.79 Å². The minimum absolute atomic E-state index is 0. The standard InChI is InChI=1S/C17H25ClN2O.ClH/c1-20(2)17(10-4-3-5-11-17)13-19-16(21)12-14-6-8-15(18)9-7-14;/h6-9H,3-5,10-13H2,1-2H3,(H,19,21);1H. The summed E-state index contributed by atoms with van der Waals surface area (Å²) in [6.45, 7) is 0.742. The van der Waals surface area contributed by atoms with Crippen molar-refractivity contribution in [1.29, 1.82) is 0 Å². The molecule has 0 saturated heterocycles. The third kappa shape index (κ3) is 5.15. The highest BCUT2D eigenvalue weighted by atomic mass is 35.5. The molecule has 1 amide bonds. The van der Waals surface area contributed by atoms with Crippen LogP contribution in [0.3, 0.4) is 0 Å². The van der Waals surface area contributed by atoms with Crippen LogP contribution in [-0.2, 0) is 11.2 Å². The molecule has 0 unspecified atom stereocenters. The first-order chi connectivity index (χ1) is 10.0. The number of carbonyl (C=O) groups excluding carboxylic acids is 1. The van der Waals surface area contributed by atoms with E-state index < -0.39 is 0 Å². The second-order valence-electron chi connectivity index (χ2n) is 6.26. The number of hydrogen-bond acceptors (Lipinski definition) is 2. The Hall–Kier alpha value is -0.770. The lowest BCUT2D eigenvalue weighted by molar-refractivity contribution is -0.121. The summed E-state index contributed by atoms with van der Waals surface area (Å²) in [7, 11) is 4.24. The van der Waals surface area contributed by atoms with Crippen molar-refractivity contribution in [1.82, 2.24) is 10.2 Å². The van der Waals surface area contributed by atoms with E-state index in [1.165, 1.54) is 32.1 Å². The van der Waals surface area contributed by atoms with Crippen molar-refractivity contribution >= 4 is 29.9 Å². The molecule has 1 aliphatic carbocycles. The molecule has 3 nitrogen and oxygen atoms in total. The van der Waals surface area contributed by atoms with Gasteiger partial charge in [-0.15, -0.1) is 12.4 Å². The SMILES string of the molecule is CN(C)C1(CNC(=O)Cc2ccc(Cl)cc2)CCCCC1.Cl. The molecule has 1 saturated carbocycles. The average Bonchev–Trinajstić information content (AvgIpc) is 2.48. The van der Waals surface area contributed by atoms with Gasteiger partial charge in [-0.25, -0.2) is 0 Å². The van der Waals surface area contributed by atoms with Crippen LogP contribution >= 0.6 is 24.0 Å². The van der Waals surface area contributed by atoms with Gasteiger partial charge in [0.1, 0.15) is 0 Å². The predicted molar refractivity (Wildman–Crippen MR) is 94.9 cm³/mol. The lowest BCUT2D eigenvalue weighted by Crippen LogP contribution is -2.54. The monoisotopic (exact) mass is 344 g/mol. The zero-order valence-electron chi connectivity index (χ0n) is 13.4. The molecule has 0 aromatic heterocycles. The van der Waals surface area contributed by atoms with Crippen LogP contribution in [0, 0.1) is 0 Å². The molecular weight excluding hydrogens is 319 g/mol. The Bertz CT molecular complexity index is 468. The summed E-state index contributed by atoms with van der Waals surface area (Å²) >= 11 is 5.86. The summed E-state index contributed by atoms with van der Waals surface area (Å²) in [6.07, 6.45) is 6.58. The smallest absolute Gasteiger partial charge is 0.224 e. The normalized spacial score (nSPS) is 16.9. The average molecular weight is 345 g/mol. The molecule has 2 rings (SSSR count). The topological polar surface area (TPSA) is 32.3 Å². The number of nitrogens with one attached hydrogen (secondary N) is 1. The Morgan fingerprint density at radius 2 is 1.77 bits per heavy atom. The zero-order valence-corrected chi connectivity index (χ0v) is 15.0. The van der Waals surface area contributed by atoms with Crippen molar-refractivity contribution in [2.45, 2.75) is 44.1 Å². The van der Waals surface area contributed by atoms with Gasteiger partial charge in [0.05, 0.1) is 6.42 Å². The van der Waals surface area contributed by atoms with Crippen LogP contribution in [0.1, 0.15) is 37.7 Å². The quantitative estimate of drug-likeness (QED) is 0.883. The van der Waals surface area contributed by atoms with Crippen LogP contribution in [0.5, 0.6) is 0 Å². The van der Waals surface area contributed by atoms with Gasteiger partial charge in [-0.05, 0) is 44.6 Å². The number of nitrogens with zero attached hydrogens (tertiary/aromatic N) is 1. The second kappa shape index (κ2) is 8.76. The number of carbonyl (C=O) groups is 1. The minimum Gasteiger partial charge on any atom is -0.354 e. The lowest BCUT2D eigenvalue weighted by Gasteiger charge is -2.43. The number of hydrogen-bond donors (Lipinski definition) is 1. The van der Waals surface area contributed by atoms with Crippen molar-refractivity contribution in [3.63, 3.8) is 0 Å². The van der Waals surface area contributed by atoms with Crippen molar-refractivity contribution in [2.24, 2.45) is 0 Å².